The van der Waals surface area contributed by atoms with Crippen LogP contribution in [-0.4, -0.2) is 33.2 Å². The highest BCUT2D eigenvalue weighted by Gasteiger charge is 2.30. The second-order valence-electron chi connectivity index (χ2n) is 2.51. The first-order valence-corrected chi connectivity index (χ1v) is 3.76. The Morgan fingerprint density at radius 3 is 3.17 bits per heavy atom. The SMILES string of the molecule is CC1=CC(O)N2C(=N1)N=CN2Cl. The van der Waals surface area contributed by atoms with Crippen molar-refractivity contribution in [3.63, 3.8) is 0 Å². The van der Waals surface area contributed by atoms with Crippen molar-refractivity contribution < 1.29 is 5.11 Å². The molecule has 0 spiro atoms. The molecular weight excluding hydrogens is 180 g/mol. The van der Waals surface area contributed by atoms with Crippen LogP contribution in [0.4, 0.5) is 0 Å². The van der Waals surface area contributed by atoms with E-state index in [0.717, 1.165) is 5.70 Å². The number of rotatable bonds is 0. The van der Waals surface area contributed by atoms with E-state index < -0.39 is 6.23 Å². The van der Waals surface area contributed by atoms with E-state index in [9.17, 15) is 5.11 Å². The zero-order valence-electron chi connectivity index (χ0n) is 6.35. The smallest absolute Gasteiger partial charge is 0.250 e. The summed E-state index contributed by atoms with van der Waals surface area (Å²) >= 11 is 5.67. The molecule has 1 unspecified atom stereocenters. The van der Waals surface area contributed by atoms with Crippen LogP contribution in [0.2, 0.25) is 0 Å². The largest absolute Gasteiger partial charge is 0.368 e. The maximum absolute atomic E-state index is 9.48. The molecule has 0 aromatic rings. The van der Waals surface area contributed by atoms with Gasteiger partial charge in [0.05, 0.1) is 0 Å². The number of hydrogen-bond acceptors (Lipinski definition) is 5. The van der Waals surface area contributed by atoms with Crippen molar-refractivity contribution in [1.82, 2.24) is 9.54 Å². The van der Waals surface area contributed by atoms with E-state index in [0.29, 0.717) is 5.96 Å². The number of hydrogen-bond donors (Lipinski definition) is 1. The molecule has 2 aliphatic rings. The zero-order chi connectivity index (χ0) is 8.72. The molecule has 0 aromatic carbocycles. The van der Waals surface area contributed by atoms with Gasteiger partial charge in [-0.05, 0) is 13.0 Å². The minimum absolute atomic E-state index is 0.414. The summed E-state index contributed by atoms with van der Waals surface area (Å²) in [5.41, 5.74) is 0.734. The summed E-state index contributed by atoms with van der Waals surface area (Å²) in [5.74, 6) is 0.414. The van der Waals surface area contributed by atoms with Crippen LogP contribution in [-0.2, 0) is 0 Å². The van der Waals surface area contributed by atoms with Crippen LogP contribution in [0.5, 0.6) is 0 Å². The van der Waals surface area contributed by atoms with Gasteiger partial charge in [-0.3, -0.25) is 0 Å². The number of allylic oxidation sites excluding steroid dienone is 1. The molecule has 0 saturated heterocycles. The third-order valence-corrected chi connectivity index (χ3v) is 1.85. The molecule has 0 amide bonds. The maximum Gasteiger partial charge on any atom is 0.250 e. The summed E-state index contributed by atoms with van der Waals surface area (Å²) in [5, 5.41) is 10.9. The molecule has 0 aliphatic carbocycles. The van der Waals surface area contributed by atoms with Gasteiger partial charge in [-0.25, -0.2) is 10.0 Å². The molecule has 0 radical (unpaired) electrons. The quantitative estimate of drug-likeness (QED) is 0.554. The molecule has 1 atom stereocenters. The number of aliphatic imine (C=N–C) groups is 2. The first-order chi connectivity index (χ1) is 5.68. The van der Waals surface area contributed by atoms with Crippen molar-refractivity contribution in [1.29, 1.82) is 0 Å². The predicted molar refractivity (Wildman–Crippen MR) is 45.2 cm³/mol. The second-order valence-corrected chi connectivity index (χ2v) is 2.86. The Kier molecular flexibility index (Phi) is 1.55. The normalized spacial score (nSPS) is 27.1. The van der Waals surface area contributed by atoms with E-state index in [1.165, 1.54) is 15.9 Å². The van der Waals surface area contributed by atoms with Gasteiger partial charge in [-0.1, -0.05) is 0 Å². The van der Waals surface area contributed by atoms with Crippen molar-refractivity contribution in [2.45, 2.75) is 13.2 Å². The Balaban J connectivity index is 2.36. The molecule has 0 bridgehead atoms. The molecule has 1 N–H and O–H groups in total. The van der Waals surface area contributed by atoms with Crippen LogP contribution in [0.3, 0.4) is 0 Å². The Bertz CT molecular complexity index is 298. The molecule has 0 fully saturated rings. The lowest BCUT2D eigenvalue weighted by Gasteiger charge is -2.28. The zero-order valence-corrected chi connectivity index (χ0v) is 7.10. The second kappa shape index (κ2) is 2.46. The average Bonchev–Trinajstić information content (AvgIpc) is 2.31. The van der Waals surface area contributed by atoms with Crippen LogP contribution >= 0.6 is 11.8 Å². The fourth-order valence-electron chi connectivity index (χ4n) is 1.09. The number of nitrogens with zero attached hydrogens (tertiary/aromatic N) is 4. The molecule has 0 aromatic heterocycles. The summed E-state index contributed by atoms with van der Waals surface area (Å²) in [6.45, 7) is 1.79. The summed E-state index contributed by atoms with van der Waals surface area (Å²) in [7, 11) is 0. The third-order valence-electron chi connectivity index (χ3n) is 1.60. The first-order valence-electron chi connectivity index (χ1n) is 3.42. The highest BCUT2D eigenvalue weighted by molar-refractivity contribution is 6.21. The van der Waals surface area contributed by atoms with Crippen molar-refractivity contribution in [3.05, 3.63) is 11.8 Å². The van der Waals surface area contributed by atoms with E-state index in [4.69, 9.17) is 11.8 Å². The molecule has 2 aliphatic heterocycles. The lowest BCUT2D eigenvalue weighted by molar-refractivity contribution is 0.0329. The van der Waals surface area contributed by atoms with E-state index in [1.807, 2.05) is 0 Å². The van der Waals surface area contributed by atoms with Gasteiger partial charge in [0.1, 0.15) is 6.34 Å². The van der Waals surface area contributed by atoms with Crippen molar-refractivity contribution in [2.24, 2.45) is 9.98 Å². The van der Waals surface area contributed by atoms with Crippen LogP contribution in [0.1, 0.15) is 6.92 Å². The van der Waals surface area contributed by atoms with Crippen LogP contribution < -0.4 is 0 Å². The summed E-state index contributed by atoms with van der Waals surface area (Å²) in [4.78, 5) is 7.95. The van der Waals surface area contributed by atoms with Crippen LogP contribution in [0.15, 0.2) is 21.8 Å². The van der Waals surface area contributed by atoms with E-state index in [1.54, 1.807) is 13.0 Å². The molecule has 5 nitrogen and oxygen atoms in total. The number of halogens is 1. The minimum atomic E-state index is -0.780. The first kappa shape index (κ1) is 7.57. The van der Waals surface area contributed by atoms with Gasteiger partial charge >= 0.3 is 0 Å². The van der Waals surface area contributed by atoms with E-state index in [2.05, 4.69) is 9.98 Å². The number of fused-ring (bicyclic) bond motifs is 1. The van der Waals surface area contributed by atoms with E-state index >= 15 is 0 Å². The summed E-state index contributed by atoms with van der Waals surface area (Å²) in [6, 6.07) is 0. The topological polar surface area (TPSA) is 51.4 Å². The van der Waals surface area contributed by atoms with E-state index in [-0.39, 0.29) is 0 Å². The summed E-state index contributed by atoms with van der Waals surface area (Å²) in [6.07, 6.45) is 2.20. The molecule has 64 valence electrons. The van der Waals surface area contributed by atoms with Crippen molar-refractivity contribution in [2.75, 3.05) is 0 Å². The molecule has 6 heteroatoms. The Morgan fingerprint density at radius 2 is 2.42 bits per heavy atom. The molecule has 2 heterocycles. The van der Waals surface area contributed by atoms with Crippen molar-refractivity contribution in [3.8, 4) is 0 Å². The summed E-state index contributed by atoms with van der Waals surface area (Å²) < 4.78 is 1.17. The average molecular weight is 187 g/mol. The van der Waals surface area contributed by atoms with Gasteiger partial charge in [0.2, 0.25) is 5.96 Å². The van der Waals surface area contributed by atoms with Crippen LogP contribution in [0.25, 0.3) is 0 Å². The van der Waals surface area contributed by atoms with Gasteiger partial charge in [0.25, 0.3) is 0 Å². The third kappa shape index (κ3) is 0.981. The number of aliphatic hydroxyl groups is 1. The van der Waals surface area contributed by atoms with Gasteiger partial charge < -0.3 is 5.11 Å². The highest BCUT2D eigenvalue weighted by Crippen LogP contribution is 2.19. The minimum Gasteiger partial charge on any atom is -0.368 e. The van der Waals surface area contributed by atoms with Crippen molar-refractivity contribution >= 4 is 24.1 Å². The Labute approximate surface area is 74.4 Å². The number of guanidine groups is 1. The monoisotopic (exact) mass is 186 g/mol. The lowest BCUT2D eigenvalue weighted by atomic mass is 10.3. The van der Waals surface area contributed by atoms with Gasteiger partial charge in [-0.2, -0.15) is 9.52 Å². The highest BCUT2D eigenvalue weighted by atomic mass is 35.5. The fraction of sp³-hybridized carbons (Fsp3) is 0.333. The van der Waals surface area contributed by atoms with Crippen LogP contribution in [0, 0.1) is 0 Å². The van der Waals surface area contributed by atoms with Gasteiger partial charge in [0, 0.05) is 17.5 Å². The number of hydrazine groups is 1. The maximum atomic E-state index is 9.48. The van der Waals surface area contributed by atoms with Gasteiger partial charge in [-0.15, -0.1) is 0 Å². The molecule has 0 saturated carbocycles. The Morgan fingerprint density at radius 1 is 1.67 bits per heavy atom. The fourth-order valence-corrected chi connectivity index (χ4v) is 1.29. The van der Waals surface area contributed by atoms with Gasteiger partial charge in [0.15, 0.2) is 6.23 Å². The Hall–Kier alpha value is -1.07. The molecule has 12 heavy (non-hydrogen) atoms. The lowest BCUT2D eigenvalue weighted by Crippen LogP contribution is -2.43. The molecular formula is C6H7ClN4O. The molecule has 2 rings (SSSR count). The predicted octanol–water partition coefficient (Wildman–Crippen LogP) is 0.293. The standard InChI is InChI=1S/C6H7ClN4O/c1-4-2-5(12)11-6(9-4)8-3-10(11)7/h2-3,5,12H,1H3. The number of aliphatic hydroxyl groups excluding tert-OH is 1.